The van der Waals surface area contributed by atoms with E-state index >= 15 is 0 Å². The van der Waals surface area contributed by atoms with Crippen LogP contribution in [0.2, 0.25) is 0 Å². The molecule has 0 unspecified atom stereocenters. The molecule has 2 aromatic rings. The number of hydrogen-bond donors (Lipinski definition) is 1. The molecule has 2 rings (SSSR count). The van der Waals surface area contributed by atoms with Gasteiger partial charge in [0.2, 0.25) is 0 Å². The molecule has 0 fully saturated rings. The van der Waals surface area contributed by atoms with Gasteiger partial charge < -0.3 is 9.40 Å². The zero-order valence-corrected chi connectivity index (χ0v) is 7.63. The lowest BCUT2D eigenvalue weighted by Crippen LogP contribution is -2.05. The quantitative estimate of drug-likeness (QED) is 0.329. The molecule has 1 N–H and O–H groups in total. The summed E-state index contributed by atoms with van der Waals surface area (Å²) in [5, 5.41) is 10.5. The van der Waals surface area contributed by atoms with Gasteiger partial charge in [-0.2, -0.15) is 0 Å². The molecule has 0 aliphatic rings. The SMILES string of the molecule is [B]c1cc([N+](=O)[O-])cc2oc(=S)[nH]c12. The fourth-order valence-electron chi connectivity index (χ4n) is 1.17. The minimum absolute atomic E-state index is 0.118. The number of hydrogen-bond acceptors (Lipinski definition) is 4. The van der Waals surface area contributed by atoms with Crippen LogP contribution in [0.3, 0.4) is 0 Å². The number of nitro benzene ring substituents is 1. The van der Waals surface area contributed by atoms with Crippen molar-refractivity contribution in [2.45, 2.75) is 0 Å². The van der Waals surface area contributed by atoms with Gasteiger partial charge in [0.25, 0.3) is 10.5 Å². The number of rotatable bonds is 1. The molecular weight excluding hydrogens is 203 g/mol. The van der Waals surface area contributed by atoms with Crippen molar-refractivity contribution in [3.8, 4) is 0 Å². The van der Waals surface area contributed by atoms with E-state index < -0.39 is 4.92 Å². The van der Waals surface area contributed by atoms with Crippen molar-refractivity contribution < 1.29 is 9.34 Å². The Morgan fingerprint density at radius 3 is 2.93 bits per heavy atom. The van der Waals surface area contributed by atoms with Crippen LogP contribution in [-0.2, 0) is 0 Å². The van der Waals surface area contributed by atoms with Crippen LogP contribution in [0.4, 0.5) is 5.69 Å². The number of oxazole rings is 1. The Hall–Kier alpha value is -1.63. The molecule has 14 heavy (non-hydrogen) atoms. The minimum Gasteiger partial charge on any atom is -0.429 e. The fourth-order valence-corrected chi connectivity index (χ4v) is 1.36. The second kappa shape index (κ2) is 2.95. The number of fused-ring (bicyclic) bond motifs is 1. The van der Waals surface area contributed by atoms with E-state index in [4.69, 9.17) is 24.5 Å². The molecule has 1 heterocycles. The molecule has 5 nitrogen and oxygen atoms in total. The van der Waals surface area contributed by atoms with Crippen LogP contribution < -0.4 is 5.46 Å². The van der Waals surface area contributed by atoms with Gasteiger partial charge in [-0.15, -0.1) is 0 Å². The van der Waals surface area contributed by atoms with Crippen molar-refractivity contribution in [1.82, 2.24) is 4.98 Å². The zero-order valence-electron chi connectivity index (χ0n) is 6.81. The number of H-pyrrole nitrogens is 1. The third-order valence-corrected chi connectivity index (χ3v) is 1.94. The summed E-state index contributed by atoms with van der Waals surface area (Å²) in [4.78, 5) is 12.8. The first-order chi connectivity index (χ1) is 6.58. The van der Waals surface area contributed by atoms with Gasteiger partial charge in [-0.1, -0.05) is 5.46 Å². The third kappa shape index (κ3) is 1.31. The monoisotopic (exact) mass is 206 g/mol. The summed E-state index contributed by atoms with van der Waals surface area (Å²) in [6.07, 6.45) is 0. The van der Waals surface area contributed by atoms with Gasteiger partial charge in [-0.3, -0.25) is 10.1 Å². The molecule has 0 spiro atoms. The summed E-state index contributed by atoms with van der Waals surface area (Å²) in [5.74, 6) is 0. The molecule has 0 aliphatic carbocycles. The predicted octanol–water partition coefficient (Wildman–Crippen LogP) is 1.19. The van der Waals surface area contributed by atoms with Crippen molar-refractivity contribution in [2.75, 3.05) is 0 Å². The molecular formula is C7H3BN2O3S. The first kappa shape index (κ1) is 8.95. The molecule has 7 heteroatoms. The Morgan fingerprint density at radius 1 is 1.57 bits per heavy atom. The van der Waals surface area contributed by atoms with E-state index in [9.17, 15) is 10.1 Å². The highest BCUT2D eigenvalue weighted by molar-refractivity contribution is 7.71. The summed E-state index contributed by atoms with van der Waals surface area (Å²) in [6.45, 7) is 0. The van der Waals surface area contributed by atoms with Crippen LogP contribution in [0, 0.1) is 15.0 Å². The molecule has 0 aliphatic heterocycles. The number of benzene rings is 1. The molecule has 0 saturated heterocycles. The number of nitro groups is 1. The molecule has 1 aromatic carbocycles. The normalized spacial score (nSPS) is 10.6. The average molecular weight is 206 g/mol. The van der Waals surface area contributed by atoms with Crippen LogP contribution in [-0.4, -0.2) is 17.8 Å². The van der Waals surface area contributed by atoms with Crippen LogP contribution in [0.25, 0.3) is 11.1 Å². The van der Waals surface area contributed by atoms with Crippen LogP contribution in [0.5, 0.6) is 0 Å². The maximum atomic E-state index is 10.5. The van der Waals surface area contributed by atoms with Crippen molar-refractivity contribution in [3.05, 3.63) is 27.1 Å². The lowest BCUT2D eigenvalue weighted by molar-refractivity contribution is -0.384. The Labute approximate surface area is 84.3 Å². The second-order valence-electron chi connectivity index (χ2n) is 2.68. The lowest BCUT2D eigenvalue weighted by atomic mass is 9.94. The van der Waals surface area contributed by atoms with Gasteiger partial charge in [-0.05, 0) is 12.2 Å². The smallest absolute Gasteiger partial charge is 0.272 e. The van der Waals surface area contributed by atoms with Gasteiger partial charge in [0.15, 0.2) is 5.58 Å². The summed E-state index contributed by atoms with van der Waals surface area (Å²) in [5.41, 5.74) is 0.907. The van der Waals surface area contributed by atoms with E-state index in [0.29, 0.717) is 11.1 Å². The number of aromatic nitrogens is 1. The van der Waals surface area contributed by atoms with Gasteiger partial charge in [0.05, 0.1) is 16.5 Å². The van der Waals surface area contributed by atoms with E-state index in [2.05, 4.69) is 4.98 Å². The molecule has 1 aromatic heterocycles. The van der Waals surface area contributed by atoms with E-state index in [0.717, 1.165) is 0 Å². The van der Waals surface area contributed by atoms with Crippen molar-refractivity contribution in [1.29, 1.82) is 0 Å². The van der Waals surface area contributed by atoms with Crippen molar-refractivity contribution in [3.63, 3.8) is 0 Å². The average Bonchev–Trinajstić information content (AvgIpc) is 2.45. The highest BCUT2D eigenvalue weighted by atomic mass is 32.1. The number of nitrogens with one attached hydrogen (secondary N) is 1. The van der Waals surface area contributed by atoms with Gasteiger partial charge in [0, 0.05) is 6.07 Å². The number of nitrogens with zero attached hydrogens (tertiary/aromatic N) is 1. The highest BCUT2D eigenvalue weighted by Gasteiger charge is 2.11. The Balaban J connectivity index is 2.84. The Bertz CT molecular complexity index is 574. The van der Waals surface area contributed by atoms with Crippen molar-refractivity contribution in [2.24, 2.45) is 0 Å². The lowest BCUT2D eigenvalue weighted by Gasteiger charge is -1.94. The molecule has 0 atom stereocenters. The Kier molecular flexibility index (Phi) is 1.89. The van der Waals surface area contributed by atoms with Crippen LogP contribution in [0.15, 0.2) is 16.5 Å². The summed E-state index contributed by atoms with van der Waals surface area (Å²) in [7, 11) is 5.57. The maximum Gasteiger partial charge on any atom is 0.272 e. The second-order valence-corrected chi connectivity index (χ2v) is 3.05. The van der Waals surface area contributed by atoms with Crippen LogP contribution >= 0.6 is 12.2 Å². The zero-order chi connectivity index (χ0) is 10.3. The molecule has 0 saturated carbocycles. The van der Waals surface area contributed by atoms with Gasteiger partial charge in [-0.25, -0.2) is 0 Å². The largest absolute Gasteiger partial charge is 0.429 e. The van der Waals surface area contributed by atoms with Gasteiger partial charge >= 0.3 is 0 Å². The Morgan fingerprint density at radius 2 is 2.29 bits per heavy atom. The molecule has 68 valence electrons. The molecule has 0 bridgehead atoms. The number of aromatic amines is 1. The van der Waals surface area contributed by atoms with E-state index in [1.165, 1.54) is 12.1 Å². The predicted molar refractivity (Wildman–Crippen MR) is 53.4 cm³/mol. The van der Waals surface area contributed by atoms with Crippen molar-refractivity contribution >= 4 is 42.3 Å². The summed E-state index contributed by atoms with van der Waals surface area (Å²) < 4.78 is 5.01. The van der Waals surface area contributed by atoms with E-state index in [1.54, 1.807) is 0 Å². The van der Waals surface area contributed by atoms with E-state index in [1.807, 2.05) is 0 Å². The van der Waals surface area contributed by atoms with Crippen LogP contribution in [0.1, 0.15) is 0 Å². The van der Waals surface area contributed by atoms with E-state index in [-0.39, 0.29) is 16.0 Å². The highest BCUT2D eigenvalue weighted by Crippen LogP contribution is 2.17. The minimum atomic E-state index is -0.540. The number of non-ortho nitro benzene ring substituents is 1. The third-order valence-electron chi connectivity index (χ3n) is 1.76. The topological polar surface area (TPSA) is 72.1 Å². The maximum absolute atomic E-state index is 10.5. The molecule has 2 radical (unpaired) electrons. The van der Waals surface area contributed by atoms with Gasteiger partial charge in [0.1, 0.15) is 7.85 Å². The fraction of sp³-hybridized carbons (Fsp3) is 0. The summed E-state index contributed by atoms with van der Waals surface area (Å²) in [6, 6.07) is 2.53. The summed E-state index contributed by atoms with van der Waals surface area (Å²) >= 11 is 4.73. The first-order valence-electron chi connectivity index (χ1n) is 3.64. The first-order valence-corrected chi connectivity index (χ1v) is 4.05. The standard InChI is InChI=1S/C7H3BN2O3S/c8-4-1-3(10(11)12)2-5-6(4)9-7(14)13-5/h1-2H,(H,9,14). The molecule has 0 amide bonds.